The Morgan fingerprint density at radius 3 is 2.81 bits per heavy atom. The predicted octanol–water partition coefficient (Wildman–Crippen LogP) is 2.11. The Labute approximate surface area is 95.6 Å². The van der Waals surface area contributed by atoms with E-state index in [-0.39, 0.29) is 11.8 Å². The third-order valence-electron chi connectivity index (χ3n) is 2.78. The van der Waals surface area contributed by atoms with Crippen molar-refractivity contribution in [3.05, 3.63) is 35.4 Å². The third kappa shape index (κ3) is 2.13. The number of rotatable bonds is 2. The summed E-state index contributed by atoms with van der Waals surface area (Å²) in [4.78, 5) is 11.4. The minimum absolute atomic E-state index is 0.0269. The molecule has 0 saturated carbocycles. The molecule has 1 N–H and O–H groups in total. The summed E-state index contributed by atoms with van der Waals surface area (Å²) >= 11 is 0. The minimum Gasteiger partial charge on any atom is -0.273 e. The van der Waals surface area contributed by atoms with Crippen LogP contribution in [0.3, 0.4) is 0 Å². The first-order valence-corrected chi connectivity index (χ1v) is 5.63. The normalized spacial score (nSPS) is 16.6. The second kappa shape index (κ2) is 4.47. The Morgan fingerprint density at radius 2 is 2.06 bits per heavy atom. The maximum absolute atomic E-state index is 11.4. The largest absolute Gasteiger partial charge is 0.273 e. The molecule has 0 fully saturated rings. The Bertz CT molecular complexity index is 435. The van der Waals surface area contributed by atoms with Gasteiger partial charge in [0.05, 0.1) is 5.71 Å². The Morgan fingerprint density at radius 1 is 1.31 bits per heavy atom. The lowest BCUT2D eigenvalue weighted by molar-refractivity contribution is -0.123. The van der Waals surface area contributed by atoms with Gasteiger partial charge < -0.3 is 0 Å². The van der Waals surface area contributed by atoms with Crippen LogP contribution in [0.4, 0.5) is 0 Å². The van der Waals surface area contributed by atoms with Gasteiger partial charge in [-0.3, -0.25) is 4.79 Å². The molecule has 1 aliphatic rings. The van der Waals surface area contributed by atoms with Gasteiger partial charge in [0, 0.05) is 11.5 Å². The van der Waals surface area contributed by atoms with Gasteiger partial charge in [-0.1, -0.05) is 38.1 Å². The fourth-order valence-electron chi connectivity index (χ4n) is 1.78. The molecule has 2 rings (SSSR count). The van der Waals surface area contributed by atoms with Crippen LogP contribution in [-0.2, 0) is 11.2 Å². The van der Waals surface area contributed by atoms with Gasteiger partial charge in [0.15, 0.2) is 0 Å². The number of aryl methyl sites for hydroxylation is 1. The van der Waals surface area contributed by atoms with Crippen molar-refractivity contribution in [3.63, 3.8) is 0 Å². The maximum Gasteiger partial charge on any atom is 0.242 e. The Kier molecular flexibility index (Phi) is 3.04. The summed E-state index contributed by atoms with van der Waals surface area (Å²) in [5, 5.41) is 4.20. The summed E-state index contributed by atoms with van der Waals surface area (Å²) in [6, 6.07) is 8.21. The van der Waals surface area contributed by atoms with Gasteiger partial charge in [0.2, 0.25) is 5.91 Å². The van der Waals surface area contributed by atoms with Crippen molar-refractivity contribution >= 4 is 11.6 Å². The van der Waals surface area contributed by atoms with Crippen molar-refractivity contribution in [1.82, 2.24) is 5.43 Å². The molecular weight excluding hydrogens is 200 g/mol. The van der Waals surface area contributed by atoms with Crippen molar-refractivity contribution in [2.75, 3.05) is 0 Å². The van der Waals surface area contributed by atoms with Crippen LogP contribution < -0.4 is 5.43 Å². The van der Waals surface area contributed by atoms with E-state index < -0.39 is 0 Å². The van der Waals surface area contributed by atoms with E-state index >= 15 is 0 Å². The van der Waals surface area contributed by atoms with Crippen LogP contribution in [0, 0.1) is 5.92 Å². The molecule has 0 aliphatic heterocycles. The SMILES string of the molecule is CC(C)C(=O)N/N=C1\CCc2ccccc21. The van der Waals surface area contributed by atoms with Crippen molar-refractivity contribution in [1.29, 1.82) is 0 Å². The summed E-state index contributed by atoms with van der Waals surface area (Å²) in [5.74, 6) is -0.0575. The molecule has 0 heterocycles. The van der Waals surface area contributed by atoms with Gasteiger partial charge in [-0.15, -0.1) is 0 Å². The zero-order valence-corrected chi connectivity index (χ0v) is 9.66. The van der Waals surface area contributed by atoms with Gasteiger partial charge in [-0.25, -0.2) is 5.43 Å². The molecule has 16 heavy (non-hydrogen) atoms. The summed E-state index contributed by atoms with van der Waals surface area (Å²) in [7, 11) is 0. The summed E-state index contributed by atoms with van der Waals surface area (Å²) in [6.07, 6.45) is 1.93. The first-order valence-electron chi connectivity index (χ1n) is 5.63. The highest BCUT2D eigenvalue weighted by molar-refractivity contribution is 6.04. The molecule has 3 nitrogen and oxygen atoms in total. The van der Waals surface area contributed by atoms with E-state index in [2.05, 4.69) is 22.7 Å². The number of fused-ring (bicyclic) bond motifs is 1. The van der Waals surface area contributed by atoms with Crippen LogP contribution in [-0.4, -0.2) is 11.6 Å². The number of carbonyl (C=O) groups excluding carboxylic acids is 1. The molecule has 3 heteroatoms. The standard InChI is InChI=1S/C13H16N2O/c1-9(2)13(16)15-14-12-8-7-10-5-3-4-6-11(10)12/h3-6,9H,7-8H2,1-2H3,(H,15,16)/b14-12+. The van der Waals surface area contributed by atoms with E-state index in [1.165, 1.54) is 11.1 Å². The molecule has 0 spiro atoms. The molecule has 1 aliphatic carbocycles. The average Bonchev–Trinajstić information content (AvgIpc) is 2.69. The number of amides is 1. The van der Waals surface area contributed by atoms with Crippen molar-refractivity contribution in [2.24, 2.45) is 11.0 Å². The van der Waals surface area contributed by atoms with Gasteiger partial charge in [-0.2, -0.15) is 5.10 Å². The summed E-state index contributed by atoms with van der Waals surface area (Å²) in [5.41, 5.74) is 6.10. The smallest absolute Gasteiger partial charge is 0.242 e. The second-order valence-corrected chi connectivity index (χ2v) is 4.35. The van der Waals surface area contributed by atoms with Crippen LogP contribution in [0.2, 0.25) is 0 Å². The number of carbonyl (C=O) groups is 1. The highest BCUT2D eigenvalue weighted by Gasteiger charge is 2.17. The van der Waals surface area contributed by atoms with Crippen molar-refractivity contribution in [3.8, 4) is 0 Å². The van der Waals surface area contributed by atoms with E-state index in [9.17, 15) is 4.79 Å². The van der Waals surface area contributed by atoms with Crippen LogP contribution >= 0.6 is 0 Å². The molecule has 1 amide bonds. The Balaban J connectivity index is 2.13. The zero-order chi connectivity index (χ0) is 11.5. The topological polar surface area (TPSA) is 41.5 Å². The monoisotopic (exact) mass is 216 g/mol. The summed E-state index contributed by atoms with van der Waals surface area (Å²) < 4.78 is 0. The van der Waals surface area contributed by atoms with E-state index in [0.29, 0.717) is 0 Å². The molecule has 0 saturated heterocycles. The van der Waals surface area contributed by atoms with E-state index in [1.807, 2.05) is 26.0 Å². The number of benzene rings is 1. The fourth-order valence-corrected chi connectivity index (χ4v) is 1.78. The number of hydrogen-bond acceptors (Lipinski definition) is 2. The minimum atomic E-state index is -0.0307. The lowest BCUT2D eigenvalue weighted by Gasteiger charge is -2.04. The number of nitrogens with one attached hydrogen (secondary N) is 1. The van der Waals surface area contributed by atoms with Gasteiger partial charge in [0.1, 0.15) is 0 Å². The van der Waals surface area contributed by atoms with Crippen molar-refractivity contribution < 1.29 is 4.79 Å². The predicted molar refractivity (Wildman–Crippen MR) is 64.3 cm³/mol. The van der Waals surface area contributed by atoms with Crippen LogP contribution in [0.25, 0.3) is 0 Å². The van der Waals surface area contributed by atoms with E-state index in [4.69, 9.17) is 0 Å². The highest BCUT2D eigenvalue weighted by Crippen LogP contribution is 2.21. The van der Waals surface area contributed by atoms with Crippen molar-refractivity contribution in [2.45, 2.75) is 26.7 Å². The first kappa shape index (κ1) is 10.9. The molecule has 0 bridgehead atoms. The molecule has 0 unspecified atom stereocenters. The highest BCUT2D eigenvalue weighted by atomic mass is 16.2. The summed E-state index contributed by atoms with van der Waals surface area (Å²) in [6.45, 7) is 3.72. The average molecular weight is 216 g/mol. The number of hydrogen-bond donors (Lipinski definition) is 1. The molecule has 0 aromatic heterocycles. The van der Waals surface area contributed by atoms with Crippen LogP contribution in [0.1, 0.15) is 31.4 Å². The molecule has 1 aromatic carbocycles. The van der Waals surface area contributed by atoms with E-state index in [0.717, 1.165) is 18.6 Å². The lowest BCUT2D eigenvalue weighted by Crippen LogP contribution is -2.24. The molecule has 1 aromatic rings. The molecule has 0 radical (unpaired) electrons. The van der Waals surface area contributed by atoms with Crippen LogP contribution in [0.5, 0.6) is 0 Å². The third-order valence-corrected chi connectivity index (χ3v) is 2.78. The maximum atomic E-state index is 11.4. The molecular formula is C13H16N2O. The lowest BCUT2D eigenvalue weighted by atomic mass is 10.1. The quantitative estimate of drug-likeness (QED) is 0.756. The first-order chi connectivity index (χ1) is 7.68. The van der Waals surface area contributed by atoms with Gasteiger partial charge >= 0.3 is 0 Å². The van der Waals surface area contributed by atoms with Gasteiger partial charge in [0.25, 0.3) is 0 Å². The van der Waals surface area contributed by atoms with E-state index in [1.54, 1.807) is 0 Å². The number of nitrogens with zero attached hydrogens (tertiary/aromatic N) is 1. The van der Waals surface area contributed by atoms with Crippen LogP contribution in [0.15, 0.2) is 29.4 Å². The van der Waals surface area contributed by atoms with Gasteiger partial charge in [-0.05, 0) is 18.4 Å². The number of hydrazone groups is 1. The Hall–Kier alpha value is -1.64. The fraction of sp³-hybridized carbons (Fsp3) is 0.385. The molecule has 0 atom stereocenters. The zero-order valence-electron chi connectivity index (χ0n) is 9.66. The second-order valence-electron chi connectivity index (χ2n) is 4.35. The molecule has 84 valence electrons.